The third kappa shape index (κ3) is 2.57. The summed E-state index contributed by atoms with van der Waals surface area (Å²) >= 11 is 5.66. The first-order valence-electron chi connectivity index (χ1n) is 5.30. The monoisotopic (exact) mass is 266 g/mol. The van der Waals surface area contributed by atoms with Gasteiger partial charge in [-0.2, -0.15) is 0 Å². The van der Waals surface area contributed by atoms with Crippen molar-refractivity contribution in [3.63, 3.8) is 0 Å². The highest BCUT2D eigenvalue weighted by Gasteiger charge is 2.14. The molecule has 18 heavy (non-hydrogen) atoms. The van der Waals surface area contributed by atoms with Crippen molar-refractivity contribution >= 4 is 17.4 Å². The summed E-state index contributed by atoms with van der Waals surface area (Å²) in [5.74, 6) is -2.32. The molecule has 0 fully saturated rings. The summed E-state index contributed by atoms with van der Waals surface area (Å²) in [5.41, 5.74) is 0.794. The van der Waals surface area contributed by atoms with Gasteiger partial charge in [-0.3, -0.25) is 4.79 Å². The van der Waals surface area contributed by atoms with E-state index in [0.717, 1.165) is 6.07 Å². The molecule has 0 radical (unpaired) electrons. The number of hydrogen-bond donors (Lipinski definition) is 0. The Labute approximate surface area is 108 Å². The lowest BCUT2D eigenvalue weighted by Gasteiger charge is -2.05. The van der Waals surface area contributed by atoms with Gasteiger partial charge in [0.15, 0.2) is 17.4 Å². The highest BCUT2D eigenvalue weighted by Crippen LogP contribution is 2.23. The van der Waals surface area contributed by atoms with Crippen molar-refractivity contribution in [3.8, 4) is 0 Å². The van der Waals surface area contributed by atoms with Crippen LogP contribution < -0.4 is 0 Å². The molecule has 1 nitrogen and oxygen atoms in total. The largest absolute Gasteiger partial charge is 0.294 e. The second kappa shape index (κ2) is 5.27. The van der Waals surface area contributed by atoms with Gasteiger partial charge in [0.25, 0.3) is 0 Å². The number of hydrogen-bond acceptors (Lipinski definition) is 1. The first-order valence-corrected chi connectivity index (χ1v) is 5.68. The molecule has 0 saturated heterocycles. The maximum Gasteiger partial charge on any atom is 0.177 e. The van der Waals surface area contributed by atoms with E-state index in [1.165, 1.54) is 6.07 Å². The van der Waals surface area contributed by atoms with Gasteiger partial charge >= 0.3 is 0 Å². The molecule has 0 unspecified atom stereocenters. The smallest absolute Gasteiger partial charge is 0.177 e. The summed E-state index contributed by atoms with van der Waals surface area (Å²) in [6.07, 6.45) is -0.0555. The number of ketones is 1. The second-order valence-electron chi connectivity index (χ2n) is 3.80. The van der Waals surface area contributed by atoms with E-state index in [1.54, 1.807) is 30.3 Å². The van der Waals surface area contributed by atoms with Crippen molar-refractivity contribution in [2.24, 2.45) is 0 Å². The molecule has 0 aliphatic carbocycles. The van der Waals surface area contributed by atoms with Crippen LogP contribution >= 0.6 is 11.6 Å². The first-order chi connectivity index (χ1) is 8.59. The number of carbonyl (C=O) groups excluding carboxylic acids is 1. The van der Waals surface area contributed by atoms with Gasteiger partial charge in [0.1, 0.15) is 0 Å². The van der Waals surface area contributed by atoms with Crippen LogP contribution in [0, 0.1) is 11.6 Å². The summed E-state index contributed by atoms with van der Waals surface area (Å²) in [6.45, 7) is 0. The molecular formula is C14H9ClF2O. The van der Waals surface area contributed by atoms with Gasteiger partial charge < -0.3 is 0 Å². The average molecular weight is 267 g/mol. The zero-order valence-electron chi connectivity index (χ0n) is 9.29. The fourth-order valence-electron chi connectivity index (χ4n) is 1.60. The van der Waals surface area contributed by atoms with Crippen molar-refractivity contribution in [2.45, 2.75) is 6.42 Å². The van der Waals surface area contributed by atoms with Gasteiger partial charge in [-0.1, -0.05) is 48.0 Å². The Hall–Kier alpha value is -1.74. The Kier molecular flexibility index (Phi) is 3.72. The first kappa shape index (κ1) is 12.7. The molecule has 0 saturated carbocycles. The molecule has 2 rings (SSSR count). The molecule has 0 aliphatic heterocycles. The standard InChI is InChI=1S/C14H9ClF2O/c15-13-10(6-7-11(16)14(13)17)8-12(18)9-4-2-1-3-5-9/h1-7H,8H2. The third-order valence-corrected chi connectivity index (χ3v) is 2.97. The van der Waals surface area contributed by atoms with Crippen LogP contribution in [0.15, 0.2) is 42.5 Å². The molecule has 2 aromatic carbocycles. The number of Topliss-reactive ketones (excluding diaryl/α,β-unsaturated/α-hetero) is 1. The van der Waals surface area contributed by atoms with E-state index in [1.807, 2.05) is 0 Å². The van der Waals surface area contributed by atoms with Crippen LogP contribution in [0.3, 0.4) is 0 Å². The SMILES string of the molecule is O=C(Cc1ccc(F)c(F)c1Cl)c1ccccc1. The predicted octanol–water partition coefficient (Wildman–Crippen LogP) is 4.04. The van der Waals surface area contributed by atoms with Crippen LogP contribution in [-0.2, 0) is 6.42 Å². The Bertz CT molecular complexity index is 582. The quantitative estimate of drug-likeness (QED) is 0.605. The van der Waals surface area contributed by atoms with Crippen molar-refractivity contribution in [2.75, 3.05) is 0 Å². The molecule has 0 amide bonds. The number of rotatable bonds is 3. The maximum absolute atomic E-state index is 13.2. The van der Waals surface area contributed by atoms with E-state index in [-0.39, 0.29) is 22.8 Å². The van der Waals surface area contributed by atoms with Crippen LogP contribution in [0.4, 0.5) is 8.78 Å². The molecule has 0 atom stereocenters. The van der Waals surface area contributed by atoms with Gasteiger partial charge in [0.2, 0.25) is 0 Å². The van der Waals surface area contributed by atoms with E-state index in [2.05, 4.69) is 0 Å². The van der Waals surface area contributed by atoms with E-state index < -0.39 is 11.6 Å². The van der Waals surface area contributed by atoms with Crippen LogP contribution in [0.1, 0.15) is 15.9 Å². The molecule has 0 aromatic heterocycles. The zero-order chi connectivity index (χ0) is 13.1. The van der Waals surface area contributed by atoms with Crippen molar-refractivity contribution in [1.29, 1.82) is 0 Å². The fourth-order valence-corrected chi connectivity index (χ4v) is 1.82. The maximum atomic E-state index is 13.2. The number of carbonyl (C=O) groups is 1. The van der Waals surface area contributed by atoms with Crippen LogP contribution in [-0.4, -0.2) is 5.78 Å². The van der Waals surface area contributed by atoms with Gasteiger partial charge in [-0.15, -0.1) is 0 Å². The topological polar surface area (TPSA) is 17.1 Å². The summed E-state index contributed by atoms with van der Waals surface area (Å²) in [5, 5.41) is -0.334. The summed E-state index contributed by atoms with van der Waals surface area (Å²) in [6, 6.07) is 10.9. The Morgan fingerprint density at radius 3 is 2.39 bits per heavy atom. The minimum atomic E-state index is -1.12. The highest BCUT2D eigenvalue weighted by molar-refractivity contribution is 6.31. The van der Waals surface area contributed by atoms with Crippen molar-refractivity contribution in [1.82, 2.24) is 0 Å². The van der Waals surface area contributed by atoms with Crippen LogP contribution in [0.25, 0.3) is 0 Å². The molecule has 0 heterocycles. The summed E-state index contributed by atoms with van der Waals surface area (Å²) in [7, 11) is 0. The van der Waals surface area contributed by atoms with E-state index >= 15 is 0 Å². The molecule has 92 valence electrons. The molecule has 4 heteroatoms. The minimum Gasteiger partial charge on any atom is -0.294 e. The Morgan fingerprint density at radius 2 is 1.72 bits per heavy atom. The predicted molar refractivity (Wildman–Crippen MR) is 65.8 cm³/mol. The van der Waals surface area contributed by atoms with Crippen molar-refractivity contribution < 1.29 is 13.6 Å². The second-order valence-corrected chi connectivity index (χ2v) is 4.18. The van der Waals surface area contributed by atoms with Crippen LogP contribution in [0.2, 0.25) is 5.02 Å². The third-order valence-electron chi connectivity index (χ3n) is 2.56. The number of benzene rings is 2. The summed E-state index contributed by atoms with van der Waals surface area (Å²) < 4.78 is 26.1. The van der Waals surface area contributed by atoms with E-state index in [9.17, 15) is 13.6 Å². The van der Waals surface area contributed by atoms with Crippen molar-refractivity contribution in [3.05, 3.63) is 70.2 Å². The molecule has 0 N–H and O–H groups in total. The van der Waals surface area contributed by atoms with Gasteiger partial charge in [0, 0.05) is 12.0 Å². The molecular weight excluding hydrogens is 258 g/mol. The molecule has 2 aromatic rings. The van der Waals surface area contributed by atoms with Crippen LogP contribution in [0.5, 0.6) is 0 Å². The lowest BCUT2D eigenvalue weighted by molar-refractivity contribution is 0.0993. The minimum absolute atomic E-state index is 0.0555. The highest BCUT2D eigenvalue weighted by atomic mass is 35.5. The molecule has 0 spiro atoms. The fraction of sp³-hybridized carbons (Fsp3) is 0.0714. The lowest BCUT2D eigenvalue weighted by Crippen LogP contribution is -2.05. The normalized spacial score (nSPS) is 10.4. The average Bonchev–Trinajstić information content (AvgIpc) is 2.40. The van der Waals surface area contributed by atoms with Gasteiger partial charge in [-0.05, 0) is 11.6 Å². The molecule has 0 bridgehead atoms. The zero-order valence-corrected chi connectivity index (χ0v) is 10.0. The van der Waals surface area contributed by atoms with E-state index in [0.29, 0.717) is 5.56 Å². The lowest BCUT2D eigenvalue weighted by atomic mass is 10.0. The van der Waals surface area contributed by atoms with E-state index in [4.69, 9.17) is 11.6 Å². The van der Waals surface area contributed by atoms with Gasteiger partial charge in [0.05, 0.1) is 5.02 Å². The molecule has 0 aliphatic rings. The number of halogens is 3. The Morgan fingerprint density at radius 1 is 1.06 bits per heavy atom. The summed E-state index contributed by atoms with van der Waals surface area (Å²) in [4.78, 5) is 11.9. The van der Waals surface area contributed by atoms with Gasteiger partial charge in [-0.25, -0.2) is 8.78 Å². The Balaban J connectivity index is 2.26.